The summed E-state index contributed by atoms with van der Waals surface area (Å²) >= 11 is 0. The van der Waals surface area contributed by atoms with E-state index in [4.69, 9.17) is 0 Å². The Balaban J connectivity index is 2.17. The van der Waals surface area contributed by atoms with Crippen LogP contribution in [0, 0.1) is 23.3 Å². The average molecular weight is 261 g/mol. The van der Waals surface area contributed by atoms with Crippen LogP contribution in [0.3, 0.4) is 0 Å². The van der Waals surface area contributed by atoms with Crippen molar-refractivity contribution in [3.63, 3.8) is 0 Å². The predicted molar refractivity (Wildman–Crippen MR) is 58.0 cm³/mol. The van der Waals surface area contributed by atoms with Crippen molar-refractivity contribution in [3.8, 4) is 0 Å². The molecule has 0 fully saturated rings. The van der Waals surface area contributed by atoms with Gasteiger partial charge in [-0.1, -0.05) is 0 Å². The first-order valence-electron chi connectivity index (χ1n) is 5.32. The maximum atomic E-state index is 13.3. The molecular weight excluding hydrogens is 250 g/mol. The van der Waals surface area contributed by atoms with Gasteiger partial charge in [0.2, 0.25) is 0 Å². The van der Waals surface area contributed by atoms with E-state index >= 15 is 0 Å². The maximum absolute atomic E-state index is 13.3. The fraction of sp³-hybridized carbons (Fsp3) is 0.364. The molecule has 2 rings (SSSR count). The van der Waals surface area contributed by atoms with Gasteiger partial charge in [0.1, 0.15) is 5.82 Å². The van der Waals surface area contributed by atoms with Crippen LogP contribution in [0.4, 0.5) is 17.6 Å². The van der Waals surface area contributed by atoms with Gasteiger partial charge in [-0.15, -0.1) is 0 Å². The third-order valence-corrected chi connectivity index (χ3v) is 2.69. The second kappa shape index (κ2) is 4.83. The van der Waals surface area contributed by atoms with E-state index in [2.05, 4.69) is 10.3 Å². The van der Waals surface area contributed by atoms with Gasteiger partial charge in [-0.2, -0.15) is 0 Å². The third kappa shape index (κ3) is 2.25. The van der Waals surface area contributed by atoms with E-state index in [0.29, 0.717) is 25.1 Å². The fourth-order valence-corrected chi connectivity index (χ4v) is 1.66. The van der Waals surface area contributed by atoms with Crippen LogP contribution in [-0.4, -0.2) is 31.0 Å². The van der Waals surface area contributed by atoms with Crippen molar-refractivity contribution < 1.29 is 17.6 Å². The average Bonchev–Trinajstić information content (AvgIpc) is 2.72. The number of hydrogen-bond donors (Lipinski definition) is 1. The molecule has 18 heavy (non-hydrogen) atoms. The second-order valence-corrected chi connectivity index (χ2v) is 3.93. The number of benzene rings is 1. The molecule has 0 aliphatic carbocycles. The van der Waals surface area contributed by atoms with E-state index < -0.39 is 28.8 Å². The minimum Gasteiger partial charge on any atom is -0.352 e. The predicted octanol–water partition coefficient (Wildman–Crippen LogP) is 1.63. The third-order valence-electron chi connectivity index (χ3n) is 2.69. The molecule has 0 amide bonds. The Morgan fingerprint density at radius 1 is 1.22 bits per heavy atom. The first-order valence-corrected chi connectivity index (χ1v) is 5.32. The zero-order valence-electron chi connectivity index (χ0n) is 9.60. The summed E-state index contributed by atoms with van der Waals surface area (Å²) in [5.41, 5.74) is -0.545. The number of likely N-dealkylation sites (N-methyl/N-ethyl adjacent to an activating group) is 1. The lowest BCUT2D eigenvalue weighted by Gasteiger charge is -2.15. The van der Waals surface area contributed by atoms with E-state index in [-0.39, 0.29) is 6.54 Å². The lowest BCUT2D eigenvalue weighted by molar-refractivity contribution is 0.422. The molecule has 0 saturated carbocycles. The van der Waals surface area contributed by atoms with Gasteiger partial charge in [0.15, 0.2) is 23.4 Å². The zero-order chi connectivity index (χ0) is 13.3. The smallest absolute Gasteiger partial charge is 0.194 e. The SMILES string of the molecule is CN1CCN=C1NCc1c(F)cc(F)c(F)c1F. The van der Waals surface area contributed by atoms with Crippen LogP contribution in [0.2, 0.25) is 0 Å². The Morgan fingerprint density at radius 2 is 1.94 bits per heavy atom. The van der Waals surface area contributed by atoms with E-state index in [9.17, 15) is 17.6 Å². The van der Waals surface area contributed by atoms with Crippen molar-refractivity contribution in [2.24, 2.45) is 4.99 Å². The molecule has 0 bridgehead atoms. The fourth-order valence-electron chi connectivity index (χ4n) is 1.66. The first-order chi connectivity index (χ1) is 8.50. The largest absolute Gasteiger partial charge is 0.352 e. The molecule has 1 aromatic rings. The Bertz CT molecular complexity index is 502. The van der Waals surface area contributed by atoms with Crippen LogP contribution in [-0.2, 0) is 6.54 Å². The summed E-state index contributed by atoms with van der Waals surface area (Å²) < 4.78 is 52.3. The summed E-state index contributed by atoms with van der Waals surface area (Å²) in [4.78, 5) is 5.81. The van der Waals surface area contributed by atoms with Crippen LogP contribution < -0.4 is 5.32 Å². The maximum Gasteiger partial charge on any atom is 0.194 e. The lowest BCUT2D eigenvalue weighted by Crippen LogP contribution is -2.35. The van der Waals surface area contributed by atoms with Crippen molar-refractivity contribution >= 4 is 5.96 Å². The molecule has 0 unspecified atom stereocenters. The van der Waals surface area contributed by atoms with Gasteiger partial charge in [0.25, 0.3) is 0 Å². The minimum absolute atomic E-state index is 0.294. The van der Waals surface area contributed by atoms with Crippen LogP contribution >= 0.6 is 0 Å². The van der Waals surface area contributed by atoms with Gasteiger partial charge in [-0.05, 0) is 0 Å². The normalized spacial score (nSPS) is 14.9. The summed E-state index contributed by atoms with van der Waals surface area (Å²) in [5.74, 6) is -5.38. The number of nitrogens with zero attached hydrogens (tertiary/aromatic N) is 2. The molecule has 1 heterocycles. The van der Waals surface area contributed by atoms with Gasteiger partial charge < -0.3 is 10.2 Å². The topological polar surface area (TPSA) is 27.6 Å². The molecule has 1 aliphatic rings. The molecular formula is C11H11F4N3. The van der Waals surface area contributed by atoms with Crippen LogP contribution in [0.15, 0.2) is 11.1 Å². The molecule has 98 valence electrons. The van der Waals surface area contributed by atoms with Crippen molar-refractivity contribution in [2.75, 3.05) is 20.1 Å². The van der Waals surface area contributed by atoms with E-state index in [1.54, 1.807) is 11.9 Å². The standard InChI is InChI=1S/C11H11F4N3/c1-18-3-2-16-11(18)17-5-6-7(12)4-8(13)10(15)9(6)14/h4H,2-3,5H2,1H3,(H,16,17). The van der Waals surface area contributed by atoms with Gasteiger partial charge in [-0.3, -0.25) is 4.99 Å². The highest BCUT2D eigenvalue weighted by Gasteiger charge is 2.20. The number of hydrogen-bond acceptors (Lipinski definition) is 3. The first kappa shape index (κ1) is 12.7. The molecule has 0 atom stereocenters. The second-order valence-electron chi connectivity index (χ2n) is 3.93. The number of rotatable bonds is 2. The summed E-state index contributed by atoms with van der Waals surface area (Å²) in [7, 11) is 1.76. The molecule has 0 spiro atoms. The Morgan fingerprint density at radius 3 is 2.56 bits per heavy atom. The van der Waals surface area contributed by atoms with Gasteiger partial charge in [0.05, 0.1) is 6.54 Å². The highest BCUT2D eigenvalue weighted by Crippen LogP contribution is 2.19. The van der Waals surface area contributed by atoms with Crippen LogP contribution in [0.25, 0.3) is 0 Å². The van der Waals surface area contributed by atoms with Crippen molar-refractivity contribution in [1.82, 2.24) is 10.2 Å². The summed E-state index contributed by atoms with van der Waals surface area (Å²) in [6.45, 7) is 0.991. The molecule has 3 nitrogen and oxygen atoms in total. The van der Waals surface area contributed by atoms with Gasteiger partial charge in [0, 0.05) is 31.8 Å². The van der Waals surface area contributed by atoms with Crippen LogP contribution in [0.1, 0.15) is 5.56 Å². The van der Waals surface area contributed by atoms with Gasteiger partial charge in [-0.25, -0.2) is 17.6 Å². The Hall–Kier alpha value is -1.79. The lowest BCUT2D eigenvalue weighted by atomic mass is 10.2. The quantitative estimate of drug-likeness (QED) is 0.498. The zero-order valence-corrected chi connectivity index (χ0v) is 9.60. The molecule has 0 aromatic heterocycles. The highest BCUT2D eigenvalue weighted by atomic mass is 19.2. The molecule has 0 radical (unpaired) electrons. The number of nitrogens with one attached hydrogen (secondary N) is 1. The molecule has 1 aliphatic heterocycles. The van der Waals surface area contributed by atoms with Crippen LogP contribution in [0.5, 0.6) is 0 Å². The summed E-state index contributed by atoms with van der Waals surface area (Å²) in [6.07, 6.45) is 0. The molecule has 1 aromatic carbocycles. The summed E-state index contributed by atoms with van der Waals surface area (Å²) in [6, 6.07) is 0.329. The Labute approximate surface area is 101 Å². The molecule has 1 N–H and O–H groups in total. The number of guanidine groups is 1. The van der Waals surface area contributed by atoms with E-state index in [1.807, 2.05) is 0 Å². The molecule has 0 saturated heterocycles. The van der Waals surface area contributed by atoms with Crippen molar-refractivity contribution in [1.29, 1.82) is 0 Å². The monoisotopic (exact) mass is 261 g/mol. The van der Waals surface area contributed by atoms with E-state index in [1.165, 1.54) is 0 Å². The summed E-state index contributed by atoms with van der Waals surface area (Å²) in [5, 5.41) is 2.68. The number of halogens is 4. The van der Waals surface area contributed by atoms with Gasteiger partial charge >= 0.3 is 0 Å². The minimum atomic E-state index is -1.67. The van der Waals surface area contributed by atoms with Crippen molar-refractivity contribution in [3.05, 3.63) is 34.9 Å². The van der Waals surface area contributed by atoms with E-state index in [0.717, 1.165) is 0 Å². The number of aliphatic imine (C=N–C) groups is 1. The highest BCUT2D eigenvalue weighted by molar-refractivity contribution is 5.81. The Kier molecular flexibility index (Phi) is 3.40. The molecule has 7 heteroatoms. The van der Waals surface area contributed by atoms with Crippen molar-refractivity contribution in [2.45, 2.75) is 6.54 Å².